The highest BCUT2D eigenvalue weighted by atomic mass is 19.1. The standard InChI is InChI=1S/C18H16FNO3/c1-2-18(22)23-15-9-3-12(4-10-15)16-11-17(21)20(16)14-7-5-13(19)6-8-14/h3-10,16H,2,11H2,1H3. The largest absolute Gasteiger partial charge is 0.427 e. The number of amides is 1. The molecule has 1 unspecified atom stereocenters. The molecule has 1 atom stereocenters. The molecule has 0 radical (unpaired) electrons. The predicted octanol–water partition coefficient (Wildman–Crippen LogP) is 3.62. The van der Waals surface area contributed by atoms with Crippen LogP contribution in [-0.4, -0.2) is 11.9 Å². The van der Waals surface area contributed by atoms with E-state index in [1.165, 1.54) is 12.1 Å². The molecule has 1 heterocycles. The maximum Gasteiger partial charge on any atom is 0.310 e. The zero-order valence-electron chi connectivity index (χ0n) is 12.7. The Labute approximate surface area is 133 Å². The van der Waals surface area contributed by atoms with E-state index in [1.807, 2.05) is 12.1 Å². The van der Waals surface area contributed by atoms with Gasteiger partial charge in [0.1, 0.15) is 11.6 Å². The molecule has 1 saturated heterocycles. The van der Waals surface area contributed by atoms with Crippen molar-refractivity contribution in [1.29, 1.82) is 0 Å². The lowest BCUT2D eigenvalue weighted by Gasteiger charge is -2.40. The number of carbonyl (C=O) groups excluding carboxylic acids is 2. The Kier molecular flexibility index (Phi) is 4.10. The van der Waals surface area contributed by atoms with E-state index in [4.69, 9.17) is 4.74 Å². The Morgan fingerprint density at radius 1 is 1.17 bits per heavy atom. The molecule has 0 bridgehead atoms. The quantitative estimate of drug-likeness (QED) is 0.492. The summed E-state index contributed by atoms with van der Waals surface area (Å²) in [6.45, 7) is 1.73. The molecule has 118 valence electrons. The monoisotopic (exact) mass is 313 g/mol. The second-order valence-electron chi connectivity index (χ2n) is 5.36. The maximum absolute atomic E-state index is 13.0. The van der Waals surface area contributed by atoms with Crippen molar-refractivity contribution >= 4 is 17.6 Å². The zero-order valence-corrected chi connectivity index (χ0v) is 12.7. The van der Waals surface area contributed by atoms with Gasteiger partial charge in [0.25, 0.3) is 0 Å². The van der Waals surface area contributed by atoms with Crippen molar-refractivity contribution in [1.82, 2.24) is 0 Å². The summed E-state index contributed by atoms with van der Waals surface area (Å²) in [6.07, 6.45) is 0.725. The minimum Gasteiger partial charge on any atom is -0.427 e. The first-order valence-corrected chi connectivity index (χ1v) is 7.46. The molecule has 0 spiro atoms. The first-order valence-electron chi connectivity index (χ1n) is 7.46. The van der Waals surface area contributed by atoms with Crippen LogP contribution in [0.4, 0.5) is 10.1 Å². The third-order valence-corrected chi connectivity index (χ3v) is 3.84. The molecule has 2 aromatic rings. The number of nitrogens with zero attached hydrogens (tertiary/aromatic N) is 1. The van der Waals surface area contributed by atoms with Gasteiger partial charge in [0.05, 0.1) is 12.5 Å². The Morgan fingerprint density at radius 2 is 1.83 bits per heavy atom. The van der Waals surface area contributed by atoms with Crippen LogP contribution in [0.1, 0.15) is 31.4 Å². The van der Waals surface area contributed by atoms with E-state index in [0.717, 1.165) is 5.56 Å². The van der Waals surface area contributed by atoms with Gasteiger partial charge in [-0.3, -0.25) is 9.59 Å². The molecule has 0 saturated carbocycles. The lowest BCUT2D eigenvalue weighted by Crippen LogP contribution is -2.46. The minimum absolute atomic E-state index is 0.00287. The number of ether oxygens (including phenoxy) is 1. The van der Waals surface area contributed by atoms with Gasteiger partial charge in [-0.15, -0.1) is 0 Å². The van der Waals surface area contributed by atoms with E-state index in [9.17, 15) is 14.0 Å². The molecule has 0 aromatic heterocycles. The molecular formula is C18H16FNO3. The van der Waals surface area contributed by atoms with Gasteiger partial charge in [0, 0.05) is 12.1 Å². The number of anilines is 1. The van der Waals surface area contributed by atoms with Crippen LogP contribution >= 0.6 is 0 Å². The highest BCUT2D eigenvalue weighted by Gasteiger charge is 2.38. The first-order chi connectivity index (χ1) is 11.1. The summed E-state index contributed by atoms with van der Waals surface area (Å²) in [5.41, 5.74) is 1.62. The van der Waals surface area contributed by atoms with Gasteiger partial charge in [-0.25, -0.2) is 4.39 Å². The van der Waals surface area contributed by atoms with Crippen molar-refractivity contribution in [3.63, 3.8) is 0 Å². The van der Waals surface area contributed by atoms with E-state index in [-0.39, 0.29) is 23.7 Å². The van der Waals surface area contributed by atoms with Crippen LogP contribution in [0.15, 0.2) is 48.5 Å². The molecule has 23 heavy (non-hydrogen) atoms. The van der Waals surface area contributed by atoms with E-state index in [0.29, 0.717) is 24.3 Å². The van der Waals surface area contributed by atoms with Crippen molar-refractivity contribution in [3.05, 3.63) is 59.9 Å². The molecular weight excluding hydrogens is 297 g/mol. The van der Waals surface area contributed by atoms with Gasteiger partial charge in [-0.1, -0.05) is 19.1 Å². The number of halogens is 1. The third-order valence-electron chi connectivity index (χ3n) is 3.84. The van der Waals surface area contributed by atoms with Crippen LogP contribution in [0.3, 0.4) is 0 Å². The lowest BCUT2D eigenvalue weighted by molar-refractivity contribution is -0.134. The Bertz CT molecular complexity index is 725. The van der Waals surface area contributed by atoms with Crippen molar-refractivity contribution in [2.75, 3.05) is 4.90 Å². The Hall–Kier alpha value is -2.69. The van der Waals surface area contributed by atoms with Crippen molar-refractivity contribution < 1.29 is 18.7 Å². The molecule has 1 aliphatic heterocycles. The zero-order chi connectivity index (χ0) is 16.4. The number of rotatable bonds is 4. The van der Waals surface area contributed by atoms with E-state index < -0.39 is 0 Å². The number of hydrogen-bond acceptors (Lipinski definition) is 3. The summed E-state index contributed by atoms with van der Waals surface area (Å²) in [5.74, 6) is -0.132. The van der Waals surface area contributed by atoms with Gasteiger partial charge < -0.3 is 9.64 Å². The number of esters is 1. The van der Waals surface area contributed by atoms with Crippen molar-refractivity contribution in [2.45, 2.75) is 25.8 Å². The number of hydrogen-bond donors (Lipinski definition) is 0. The Balaban J connectivity index is 1.77. The van der Waals surface area contributed by atoms with Gasteiger partial charge in [-0.2, -0.15) is 0 Å². The van der Waals surface area contributed by atoms with E-state index in [1.54, 1.807) is 36.1 Å². The average molecular weight is 313 g/mol. The van der Waals surface area contributed by atoms with Gasteiger partial charge >= 0.3 is 5.97 Å². The van der Waals surface area contributed by atoms with Crippen LogP contribution < -0.4 is 9.64 Å². The number of β-lactam (4-membered cyclic amide) rings is 1. The summed E-state index contributed by atoms with van der Waals surface area (Å²) < 4.78 is 18.2. The van der Waals surface area contributed by atoms with Crippen molar-refractivity contribution in [3.8, 4) is 5.75 Å². The summed E-state index contributed by atoms with van der Waals surface area (Å²) in [7, 11) is 0. The smallest absolute Gasteiger partial charge is 0.310 e. The van der Waals surface area contributed by atoms with E-state index in [2.05, 4.69) is 0 Å². The summed E-state index contributed by atoms with van der Waals surface area (Å²) in [4.78, 5) is 24.8. The fourth-order valence-corrected chi connectivity index (χ4v) is 2.57. The Morgan fingerprint density at radius 3 is 2.39 bits per heavy atom. The van der Waals surface area contributed by atoms with Crippen molar-refractivity contribution in [2.24, 2.45) is 0 Å². The molecule has 4 nitrogen and oxygen atoms in total. The van der Waals surface area contributed by atoms with Crippen LogP contribution in [-0.2, 0) is 9.59 Å². The fourth-order valence-electron chi connectivity index (χ4n) is 2.57. The maximum atomic E-state index is 13.0. The van der Waals surface area contributed by atoms with Gasteiger partial charge in [0.15, 0.2) is 0 Å². The SMILES string of the molecule is CCC(=O)Oc1ccc(C2CC(=O)N2c2ccc(F)cc2)cc1. The van der Waals surface area contributed by atoms with Gasteiger partial charge in [0.2, 0.25) is 5.91 Å². The van der Waals surface area contributed by atoms with Gasteiger partial charge in [-0.05, 0) is 42.0 Å². The predicted molar refractivity (Wildman–Crippen MR) is 83.6 cm³/mol. The summed E-state index contributed by atoms with van der Waals surface area (Å²) in [5, 5.41) is 0. The lowest BCUT2D eigenvalue weighted by atomic mass is 9.93. The fraction of sp³-hybridized carbons (Fsp3) is 0.222. The molecule has 0 N–H and O–H groups in total. The molecule has 1 amide bonds. The molecule has 0 aliphatic carbocycles. The molecule has 1 fully saturated rings. The first kappa shape index (κ1) is 15.2. The van der Waals surface area contributed by atoms with Crippen LogP contribution in [0, 0.1) is 5.82 Å². The minimum atomic E-state index is -0.333. The van der Waals surface area contributed by atoms with Crippen LogP contribution in [0.25, 0.3) is 0 Å². The van der Waals surface area contributed by atoms with Crippen LogP contribution in [0.5, 0.6) is 5.75 Å². The second-order valence-corrected chi connectivity index (χ2v) is 5.36. The highest BCUT2D eigenvalue weighted by Crippen LogP contribution is 2.39. The second kappa shape index (κ2) is 6.20. The topological polar surface area (TPSA) is 46.6 Å². The molecule has 1 aliphatic rings. The molecule has 3 rings (SSSR count). The normalized spacial score (nSPS) is 16.9. The number of carbonyl (C=O) groups is 2. The average Bonchev–Trinajstić information content (AvgIpc) is 2.55. The van der Waals surface area contributed by atoms with Crippen LogP contribution in [0.2, 0.25) is 0 Å². The summed E-state index contributed by atoms with van der Waals surface area (Å²) >= 11 is 0. The summed E-state index contributed by atoms with van der Waals surface area (Å²) in [6, 6.07) is 12.9. The van der Waals surface area contributed by atoms with E-state index >= 15 is 0 Å². The molecule has 5 heteroatoms. The molecule has 2 aromatic carbocycles. The third kappa shape index (κ3) is 3.08. The number of benzene rings is 2. The highest BCUT2D eigenvalue weighted by molar-refractivity contribution is 6.01.